The lowest BCUT2D eigenvalue weighted by Crippen LogP contribution is -2.46. The number of carbonyl (C=O) groups excluding carboxylic acids is 1. The van der Waals surface area contributed by atoms with Gasteiger partial charge in [-0.1, -0.05) is 0 Å². The fourth-order valence-corrected chi connectivity index (χ4v) is 2.80. The molecule has 0 saturated carbocycles. The van der Waals surface area contributed by atoms with Crippen molar-refractivity contribution in [3.05, 3.63) is 16.6 Å². The minimum absolute atomic E-state index is 0.415. The van der Waals surface area contributed by atoms with Crippen LogP contribution in [0.25, 0.3) is 10.9 Å². The van der Waals surface area contributed by atoms with Crippen LogP contribution >= 0.6 is 15.9 Å². The number of nitrogens with one attached hydrogen (secondary N) is 2. The van der Waals surface area contributed by atoms with Crippen LogP contribution in [-0.2, 0) is 4.74 Å². The standard InChI is InChI=1S/C17H25BrN4O3/c1-16(2,3)25-15(23)20-17(4,5)8-9-24-11-7-6-10(18)12-13(11)21-22-14(12)19/h6-7H,8-9H2,1-5H3,(H,20,23)(H3,19,21,22). The first kappa shape index (κ1) is 19.4. The van der Waals surface area contributed by atoms with Gasteiger partial charge in [0.1, 0.15) is 16.9 Å². The molecule has 0 aliphatic rings. The molecule has 0 radical (unpaired) electrons. The summed E-state index contributed by atoms with van der Waals surface area (Å²) in [6.07, 6.45) is 0.165. The molecule has 0 unspecified atom stereocenters. The first-order chi connectivity index (χ1) is 11.5. The molecule has 0 spiro atoms. The third-order valence-corrected chi connectivity index (χ3v) is 4.15. The Morgan fingerprint density at radius 3 is 2.64 bits per heavy atom. The van der Waals surface area contributed by atoms with Gasteiger partial charge in [-0.3, -0.25) is 5.10 Å². The van der Waals surface area contributed by atoms with Crippen LogP contribution in [0.15, 0.2) is 16.6 Å². The minimum Gasteiger partial charge on any atom is -0.491 e. The molecule has 2 rings (SSSR count). The number of anilines is 1. The molecule has 1 heterocycles. The number of nitrogens with two attached hydrogens (primary N) is 1. The topological polar surface area (TPSA) is 102 Å². The number of aromatic nitrogens is 2. The summed E-state index contributed by atoms with van der Waals surface area (Å²) in [6.45, 7) is 9.75. The van der Waals surface area contributed by atoms with E-state index < -0.39 is 17.2 Å². The van der Waals surface area contributed by atoms with Crippen LogP contribution in [-0.4, -0.2) is 34.0 Å². The van der Waals surface area contributed by atoms with Crippen LogP contribution in [0.3, 0.4) is 0 Å². The molecule has 138 valence electrons. The second-order valence-corrected chi connectivity index (χ2v) is 8.37. The van der Waals surface area contributed by atoms with Crippen LogP contribution in [0.1, 0.15) is 41.0 Å². The van der Waals surface area contributed by atoms with Gasteiger partial charge in [-0.25, -0.2) is 4.79 Å². The molecule has 1 amide bonds. The Bertz CT molecular complexity index is 765. The smallest absolute Gasteiger partial charge is 0.408 e. The number of amides is 1. The van der Waals surface area contributed by atoms with Gasteiger partial charge in [0.15, 0.2) is 5.82 Å². The molecule has 0 fully saturated rings. The zero-order valence-electron chi connectivity index (χ0n) is 15.2. The van der Waals surface area contributed by atoms with Gasteiger partial charge >= 0.3 is 6.09 Å². The number of hydrogen-bond donors (Lipinski definition) is 3. The summed E-state index contributed by atoms with van der Waals surface area (Å²) in [4.78, 5) is 11.9. The summed E-state index contributed by atoms with van der Waals surface area (Å²) in [6, 6.07) is 3.71. The van der Waals surface area contributed by atoms with Crippen molar-refractivity contribution in [2.24, 2.45) is 0 Å². The van der Waals surface area contributed by atoms with Crippen LogP contribution < -0.4 is 15.8 Å². The van der Waals surface area contributed by atoms with Gasteiger partial charge in [0.2, 0.25) is 0 Å². The predicted molar refractivity (Wildman–Crippen MR) is 102 cm³/mol. The molecule has 0 aliphatic heterocycles. The summed E-state index contributed by atoms with van der Waals surface area (Å²) in [7, 11) is 0. The van der Waals surface area contributed by atoms with Crippen molar-refractivity contribution in [3.8, 4) is 5.75 Å². The molecule has 0 bridgehead atoms. The monoisotopic (exact) mass is 412 g/mol. The average molecular weight is 413 g/mol. The fourth-order valence-electron chi connectivity index (χ4n) is 2.27. The summed E-state index contributed by atoms with van der Waals surface area (Å²) in [5, 5.41) is 10.6. The van der Waals surface area contributed by atoms with E-state index in [0.29, 0.717) is 24.6 Å². The van der Waals surface area contributed by atoms with E-state index in [4.69, 9.17) is 15.2 Å². The number of nitrogens with zero attached hydrogens (tertiary/aromatic N) is 1. The highest BCUT2D eigenvalue weighted by atomic mass is 79.9. The number of halogens is 1. The number of ether oxygens (including phenoxy) is 2. The van der Waals surface area contributed by atoms with Crippen molar-refractivity contribution in [2.45, 2.75) is 52.2 Å². The second-order valence-electron chi connectivity index (χ2n) is 7.51. The lowest BCUT2D eigenvalue weighted by atomic mass is 10.0. The van der Waals surface area contributed by atoms with E-state index in [1.807, 2.05) is 46.8 Å². The highest BCUT2D eigenvalue weighted by molar-refractivity contribution is 9.10. The first-order valence-corrected chi connectivity index (χ1v) is 8.84. The minimum atomic E-state index is -0.528. The third-order valence-electron chi connectivity index (χ3n) is 3.48. The Kier molecular flexibility index (Phi) is 5.51. The second kappa shape index (κ2) is 7.11. The van der Waals surface area contributed by atoms with Gasteiger partial charge in [-0.15, -0.1) is 0 Å². The Labute approximate surface area is 155 Å². The quantitative estimate of drug-likeness (QED) is 0.688. The number of fused-ring (bicyclic) bond motifs is 1. The van der Waals surface area contributed by atoms with Gasteiger partial charge in [-0.05, 0) is 62.7 Å². The molecule has 2 aromatic rings. The average Bonchev–Trinajstić information content (AvgIpc) is 2.81. The number of benzene rings is 1. The van der Waals surface area contributed by atoms with E-state index in [9.17, 15) is 4.79 Å². The molecule has 1 aromatic heterocycles. The number of alkyl carbamates (subject to hydrolysis) is 1. The van der Waals surface area contributed by atoms with E-state index in [1.165, 1.54) is 0 Å². The number of aromatic amines is 1. The van der Waals surface area contributed by atoms with E-state index in [1.54, 1.807) is 0 Å². The van der Waals surface area contributed by atoms with Crippen LogP contribution in [0, 0.1) is 0 Å². The Balaban J connectivity index is 1.96. The highest BCUT2D eigenvalue weighted by Gasteiger charge is 2.24. The molecule has 1 aromatic carbocycles. The zero-order valence-corrected chi connectivity index (χ0v) is 16.8. The lowest BCUT2D eigenvalue weighted by molar-refractivity contribution is 0.0461. The van der Waals surface area contributed by atoms with E-state index >= 15 is 0 Å². The number of carbonyl (C=O) groups is 1. The van der Waals surface area contributed by atoms with Crippen LogP contribution in [0.5, 0.6) is 5.75 Å². The summed E-state index contributed by atoms with van der Waals surface area (Å²) in [5.41, 5.74) is 5.60. The summed E-state index contributed by atoms with van der Waals surface area (Å²) < 4.78 is 12.0. The van der Waals surface area contributed by atoms with E-state index in [2.05, 4.69) is 31.4 Å². The number of rotatable bonds is 5. The molecule has 0 saturated heterocycles. The molecule has 0 aliphatic carbocycles. The maximum absolute atomic E-state index is 11.9. The summed E-state index contributed by atoms with van der Waals surface area (Å²) in [5.74, 6) is 1.08. The Hall–Kier alpha value is -1.96. The SMILES string of the molecule is CC(C)(CCOc1ccc(Br)c2c(N)n[nH]c12)NC(=O)OC(C)(C)C. The first-order valence-electron chi connectivity index (χ1n) is 8.04. The van der Waals surface area contributed by atoms with Gasteiger partial charge in [0, 0.05) is 16.4 Å². The molecule has 25 heavy (non-hydrogen) atoms. The van der Waals surface area contributed by atoms with Crippen LogP contribution in [0.4, 0.5) is 10.6 Å². The van der Waals surface area contributed by atoms with Gasteiger partial charge in [-0.2, -0.15) is 5.10 Å². The number of nitrogen functional groups attached to an aromatic ring is 1. The maximum atomic E-state index is 11.9. The van der Waals surface area contributed by atoms with Crippen molar-refractivity contribution < 1.29 is 14.3 Å². The normalized spacial score (nSPS) is 12.2. The molecular formula is C17H25BrN4O3. The Morgan fingerprint density at radius 1 is 1.32 bits per heavy atom. The molecule has 8 heteroatoms. The van der Waals surface area contributed by atoms with E-state index in [-0.39, 0.29) is 0 Å². The van der Waals surface area contributed by atoms with Gasteiger partial charge < -0.3 is 20.5 Å². The van der Waals surface area contributed by atoms with Crippen molar-refractivity contribution in [1.29, 1.82) is 0 Å². The largest absolute Gasteiger partial charge is 0.491 e. The number of H-pyrrole nitrogens is 1. The molecule has 0 atom stereocenters. The van der Waals surface area contributed by atoms with Crippen molar-refractivity contribution in [1.82, 2.24) is 15.5 Å². The van der Waals surface area contributed by atoms with Crippen molar-refractivity contribution in [3.63, 3.8) is 0 Å². The predicted octanol–water partition coefficient (Wildman–Crippen LogP) is 3.98. The van der Waals surface area contributed by atoms with Crippen molar-refractivity contribution >= 4 is 38.7 Å². The van der Waals surface area contributed by atoms with E-state index in [0.717, 1.165) is 15.4 Å². The maximum Gasteiger partial charge on any atom is 0.408 e. The zero-order chi connectivity index (χ0) is 18.8. The number of hydrogen-bond acceptors (Lipinski definition) is 5. The summed E-state index contributed by atoms with van der Waals surface area (Å²) >= 11 is 3.45. The third kappa shape index (κ3) is 5.26. The van der Waals surface area contributed by atoms with Crippen molar-refractivity contribution in [2.75, 3.05) is 12.3 Å². The fraction of sp³-hybridized carbons (Fsp3) is 0.529. The van der Waals surface area contributed by atoms with Crippen LogP contribution in [0.2, 0.25) is 0 Å². The lowest BCUT2D eigenvalue weighted by Gasteiger charge is -2.28. The van der Waals surface area contributed by atoms with Gasteiger partial charge in [0.25, 0.3) is 0 Å². The highest BCUT2D eigenvalue weighted by Crippen LogP contribution is 2.33. The Morgan fingerprint density at radius 2 is 2.00 bits per heavy atom. The molecule has 4 N–H and O–H groups in total. The van der Waals surface area contributed by atoms with Gasteiger partial charge in [0.05, 0.1) is 12.0 Å². The molecule has 7 nitrogen and oxygen atoms in total. The molecular weight excluding hydrogens is 388 g/mol.